The molecule has 0 saturated carbocycles. The molecule has 3 N–H and O–H groups in total. The van der Waals surface area contributed by atoms with Crippen LogP contribution in [0, 0.1) is 0 Å². The number of hydrogen-bond donors (Lipinski definition) is 2. The second kappa shape index (κ2) is 3.37. The Bertz CT molecular complexity index is 94.0. The van der Waals surface area contributed by atoms with E-state index >= 15 is 0 Å². The van der Waals surface area contributed by atoms with Crippen molar-refractivity contribution in [2.45, 2.75) is 6.10 Å². The summed E-state index contributed by atoms with van der Waals surface area (Å²) in [6, 6.07) is 0. The summed E-state index contributed by atoms with van der Waals surface area (Å²) >= 11 is 0. The van der Waals surface area contributed by atoms with E-state index in [0.29, 0.717) is 0 Å². The molecule has 1 atom stereocenters. The molecule has 0 amide bonds. The van der Waals surface area contributed by atoms with Crippen LogP contribution in [0.25, 0.3) is 0 Å². The standard InChI is InChI=1S/C4H9FN2O/c1-7-4(6)3(8)2-5/h3,8H,2H2,1H3,(H2,6,7). The van der Waals surface area contributed by atoms with Crippen molar-refractivity contribution >= 4 is 5.84 Å². The van der Waals surface area contributed by atoms with Gasteiger partial charge >= 0.3 is 0 Å². The van der Waals surface area contributed by atoms with Crippen LogP contribution >= 0.6 is 0 Å². The number of nitrogens with two attached hydrogens (primary N) is 1. The molecule has 0 bridgehead atoms. The van der Waals surface area contributed by atoms with Crippen LogP contribution < -0.4 is 5.73 Å². The number of amidine groups is 1. The zero-order valence-corrected chi connectivity index (χ0v) is 4.63. The molecule has 0 aromatic heterocycles. The smallest absolute Gasteiger partial charge is 0.139 e. The van der Waals surface area contributed by atoms with E-state index in [-0.39, 0.29) is 5.84 Å². The fourth-order valence-corrected chi connectivity index (χ4v) is 0.228. The van der Waals surface area contributed by atoms with Gasteiger partial charge in [-0.25, -0.2) is 4.39 Å². The molecule has 1 unspecified atom stereocenters. The SMILES string of the molecule is CN=C(N)C(O)CF. The van der Waals surface area contributed by atoms with Crippen LogP contribution in [-0.2, 0) is 0 Å². The predicted molar refractivity (Wildman–Crippen MR) is 29.5 cm³/mol. The first kappa shape index (κ1) is 7.36. The summed E-state index contributed by atoms with van der Waals surface area (Å²) in [5.74, 6) is -0.0625. The van der Waals surface area contributed by atoms with Crippen LogP contribution in [0.4, 0.5) is 4.39 Å². The topological polar surface area (TPSA) is 58.6 Å². The molecule has 0 aliphatic carbocycles. The molecular formula is C4H9FN2O. The first-order valence-electron chi connectivity index (χ1n) is 2.18. The largest absolute Gasteiger partial charge is 0.385 e. The lowest BCUT2D eigenvalue weighted by Gasteiger charge is -2.01. The number of aliphatic imine (C=N–C) groups is 1. The van der Waals surface area contributed by atoms with E-state index < -0.39 is 12.8 Å². The van der Waals surface area contributed by atoms with E-state index in [1.165, 1.54) is 7.05 Å². The Morgan fingerprint density at radius 3 is 2.62 bits per heavy atom. The van der Waals surface area contributed by atoms with Gasteiger partial charge in [-0.05, 0) is 0 Å². The summed E-state index contributed by atoms with van der Waals surface area (Å²) in [5.41, 5.74) is 4.99. The second-order valence-electron chi connectivity index (χ2n) is 1.32. The number of nitrogens with zero attached hydrogens (tertiary/aromatic N) is 1. The summed E-state index contributed by atoms with van der Waals surface area (Å²) in [5, 5.41) is 8.50. The molecule has 0 fully saturated rings. The minimum atomic E-state index is -1.22. The Balaban J connectivity index is 3.63. The average Bonchev–Trinajstić information content (AvgIpc) is 1.84. The van der Waals surface area contributed by atoms with Crippen molar-refractivity contribution in [3.63, 3.8) is 0 Å². The van der Waals surface area contributed by atoms with Gasteiger partial charge in [0.25, 0.3) is 0 Å². The van der Waals surface area contributed by atoms with Gasteiger partial charge in [-0.3, -0.25) is 4.99 Å². The monoisotopic (exact) mass is 120 g/mol. The normalized spacial score (nSPS) is 16.1. The molecule has 0 saturated heterocycles. The Labute approximate surface area is 47.0 Å². The van der Waals surface area contributed by atoms with Gasteiger partial charge < -0.3 is 10.8 Å². The molecule has 3 nitrogen and oxygen atoms in total. The summed E-state index contributed by atoms with van der Waals surface area (Å²) in [6.07, 6.45) is -1.22. The molecule has 8 heavy (non-hydrogen) atoms. The van der Waals surface area contributed by atoms with E-state index in [9.17, 15) is 4.39 Å². The Morgan fingerprint density at radius 1 is 2.00 bits per heavy atom. The highest BCUT2D eigenvalue weighted by Crippen LogP contribution is 1.82. The fraction of sp³-hybridized carbons (Fsp3) is 0.750. The second-order valence-corrected chi connectivity index (χ2v) is 1.32. The number of hydrogen-bond acceptors (Lipinski definition) is 2. The van der Waals surface area contributed by atoms with E-state index in [2.05, 4.69) is 4.99 Å². The molecular weight excluding hydrogens is 111 g/mol. The molecule has 0 aromatic carbocycles. The third-order valence-corrected chi connectivity index (χ3v) is 0.746. The quantitative estimate of drug-likeness (QED) is 0.374. The van der Waals surface area contributed by atoms with Gasteiger partial charge in [-0.15, -0.1) is 0 Å². The lowest BCUT2D eigenvalue weighted by molar-refractivity contribution is 0.199. The van der Waals surface area contributed by atoms with Gasteiger partial charge in [0.1, 0.15) is 18.6 Å². The Kier molecular flexibility index (Phi) is 3.10. The van der Waals surface area contributed by atoms with Crippen LogP contribution in [0.3, 0.4) is 0 Å². The number of aliphatic hydroxyl groups excluding tert-OH is 1. The maximum Gasteiger partial charge on any atom is 0.139 e. The number of halogens is 1. The molecule has 0 heterocycles. The van der Waals surface area contributed by atoms with Crippen molar-refractivity contribution in [3.8, 4) is 0 Å². The van der Waals surface area contributed by atoms with Crippen molar-refractivity contribution in [3.05, 3.63) is 0 Å². The number of alkyl halides is 1. The van der Waals surface area contributed by atoms with E-state index in [0.717, 1.165) is 0 Å². The Morgan fingerprint density at radius 2 is 2.50 bits per heavy atom. The minimum Gasteiger partial charge on any atom is -0.385 e. The van der Waals surface area contributed by atoms with Gasteiger partial charge in [0.15, 0.2) is 0 Å². The highest BCUT2D eigenvalue weighted by Gasteiger charge is 2.04. The number of rotatable bonds is 2. The van der Waals surface area contributed by atoms with Crippen molar-refractivity contribution < 1.29 is 9.50 Å². The lowest BCUT2D eigenvalue weighted by Crippen LogP contribution is -2.30. The summed E-state index contributed by atoms with van der Waals surface area (Å²) in [6.45, 7) is -0.872. The zero-order chi connectivity index (χ0) is 6.57. The summed E-state index contributed by atoms with van der Waals surface area (Å²) < 4.78 is 11.4. The van der Waals surface area contributed by atoms with E-state index in [1.807, 2.05) is 0 Å². The molecule has 0 aromatic rings. The highest BCUT2D eigenvalue weighted by atomic mass is 19.1. The van der Waals surface area contributed by atoms with Gasteiger partial charge in [-0.1, -0.05) is 0 Å². The molecule has 4 heteroatoms. The molecule has 0 rings (SSSR count). The average molecular weight is 120 g/mol. The first-order chi connectivity index (χ1) is 3.72. The number of aliphatic hydroxyl groups is 1. The lowest BCUT2D eigenvalue weighted by atomic mass is 10.4. The van der Waals surface area contributed by atoms with Gasteiger partial charge in [-0.2, -0.15) is 0 Å². The van der Waals surface area contributed by atoms with E-state index in [1.54, 1.807) is 0 Å². The van der Waals surface area contributed by atoms with Crippen LogP contribution in [0.1, 0.15) is 0 Å². The third-order valence-electron chi connectivity index (χ3n) is 0.746. The predicted octanol–water partition coefficient (Wildman–Crippen LogP) is -0.696. The molecule has 0 aliphatic heterocycles. The first-order valence-corrected chi connectivity index (χ1v) is 2.18. The molecule has 0 radical (unpaired) electrons. The van der Waals surface area contributed by atoms with Gasteiger partial charge in [0, 0.05) is 7.05 Å². The maximum absolute atomic E-state index is 11.4. The third kappa shape index (κ3) is 1.88. The van der Waals surface area contributed by atoms with E-state index in [4.69, 9.17) is 10.8 Å². The van der Waals surface area contributed by atoms with Gasteiger partial charge in [0.05, 0.1) is 0 Å². The van der Waals surface area contributed by atoms with Crippen molar-refractivity contribution in [1.82, 2.24) is 0 Å². The van der Waals surface area contributed by atoms with Crippen LogP contribution in [0.15, 0.2) is 4.99 Å². The fourth-order valence-electron chi connectivity index (χ4n) is 0.228. The van der Waals surface area contributed by atoms with Crippen molar-refractivity contribution in [2.75, 3.05) is 13.7 Å². The maximum atomic E-state index is 11.4. The molecule has 0 aliphatic rings. The summed E-state index contributed by atoms with van der Waals surface area (Å²) in [4.78, 5) is 3.36. The molecule has 0 spiro atoms. The molecule has 48 valence electrons. The van der Waals surface area contributed by atoms with Crippen LogP contribution in [-0.4, -0.2) is 30.8 Å². The zero-order valence-electron chi connectivity index (χ0n) is 4.63. The van der Waals surface area contributed by atoms with Crippen molar-refractivity contribution in [2.24, 2.45) is 10.7 Å². The van der Waals surface area contributed by atoms with Crippen LogP contribution in [0.5, 0.6) is 0 Å². The van der Waals surface area contributed by atoms with Crippen LogP contribution in [0.2, 0.25) is 0 Å². The minimum absolute atomic E-state index is 0.0625. The Hall–Kier alpha value is -0.640. The highest BCUT2D eigenvalue weighted by molar-refractivity contribution is 5.84. The van der Waals surface area contributed by atoms with Crippen molar-refractivity contribution in [1.29, 1.82) is 0 Å². The van der Waals surface area contributed by atoms with Gasteiger partial charge in [0.2, 0.25) is 0 Å². The summed E-state index contributed by atoms with van der Waals surface area (Å²) in [7, 11) is 1.40.